The summed E-state index contributed by atoms with van der Waals surface area (Å²) in [5, 5.41) is 3.41. The van der Waals surface area contributed by atoms with Gasteiger partial charge < -0.3 is 15.0 Å². The van der Waals surface area contributed by atoms with Crippen LogP contribution in [0.5, 0.6) is 5.75 Å². The molecule has 2 aromatic rings. The van der Waals surface area contributed by atoms with Gasteiger partial charge in [-0.15, -0.1) is 0 Å². The van der Waals surface area contributed by atoms with Gasteiger partial charge in [-0.3, -0.25) is 14.4 Å². The molecular formula is C35H40BrClN2O4. The first-order chi connectivity index (χ1) is 20.2. The third-order valence-electron chi connectivity index (χ3n) is 8.57. The van der Waals surface area contributed by atoms with Crippen molar-refractivity contribution in [2.75, 3.05) is 18.5 Å². The molecular weight excluding hydrogens is 628 g/mol. The molecule has 1 amide bonds. The largest absolute Gasteiger partial charge is 0.483 e. The molecule has 0 saturated carbocycles. The Hall–Kier alpha value is -2.90. The first-order valence-corrected chi connectivity index (χ1v) is 16.1. The van der Waals surface area contributed by atoms with Gasteiger partial charge >= 0.3 is 0 Å². The van der Waals surface area contributed by atoms with Crippen LogP contribution in [-0.4, -0.2) is 35.5 Å². The quantitative estimate of drug-likeness (QED) is 0.320. The summed E-state index contributed by atoms with van der Waals surface area (Å²) in [7, 11) is 0. The van der Waals surface area contributed by atoms with E-state index < -0.39 is 5.92 Å². The molecule has 1 aliphatic heterocycles. The molecule has 0 radical (unpaired) electrons. The zero-order valence-corrected chi connectivity index (χ0v) is 28.2. The standard InChI is InChI=1S/C35H40BrClN2O4/c1-7-12-39-25-15-34(3,4)17-27(40)32(25)31(33-26(39)16-35(5,6)18-28(33)41)23-13-21(36)9-11-29(23)43-19-30(42)38-22-10-8-20(2)24(37)14-22/h8-11,13-14,31H,7,12,15-19H2,1-6H3,(H,38,42). The molecule has 0 bridgehead atoms. The number of nitrogens with zero attached hydrogens (tertiary/aromatic N) is 1. The molecule has 2 aliphatic carbocycles. The number of allylic oxidation sites excluding steroid dienone is 4. The average Bonchev–Trinajstić information content (AvgIpc) is 2.89. The average molecular weight is 668 g/mol. The molecule has 3 aliphatic rings. The predicted molar refractivity (Wildman–Crippen MR) is 174 cm³/mol. The fourth-order valence-electron chi connectivity index (χ4n) is 6.74. The minimum Gasteiger partial charge on any atom is -0.483 e. The molecule has 2 aromatic carbocycles. The van der Waals surface area contributed by atoms with Crippen LogP contribution in [0.3, 0.4) is 0 Å². The highest BCUT2D eigenvalue weighted by Crippen LogP contribution is 2.55. The number of anilines is 1. The Kier molecular flexibility index (Phi) is 8.71. The van der Waals surface area contributed by atoms with Gasteiger partial charge in [0.15, 0.2) is 18.2 Å². The van der Waals surface area contributed by atoms with E-state index in [9.17, 15) is 14.4 Å². The van der Waals surface area contributed by atoms with Gasteiger partial charge in [0.05, 0.1) is 0 Å². The number of rotatable bonds is 7. The van der Waals surface area contributed by atoms with E-state index in [0.29, 0.717) is 40.4 Å². The molecule has 0 aromatic heterocycles. The maximum atomic E-state index is 14.1. The van der Waals surface area contributed by atoms with E-state index in [2.05, 4.69) is 60.8 Å². The number of halogens is 2. The lowest BCUT2D eigenvalue weighted by Gasteiger charge is -2.49. The molecule has 5 rings (SSSR count). The van der Waals surface area contributed by atoms with Crippen molar-refractivity contribution in [3.63, 3.8) is 0 Å². The third-order valence-corrected chi connectivity index (χ3v) is 9.47. The zero-order valence-electron chi connectivity index (χ0n) is 25.8. The van der Waals surface area contributed by atoms with Gasteiger partial charge in [0, 0.05) is 68.6 Å². The van der Waals surface area contributed by atoms with Crippen LogP contribution in [0, 0.1) is 17.8 Å². The third kappa shape index (κ3) is 6.48. The molecule has 0 atom stereocenters. The van der Waals surface area contributed by atoms with Crippen LogP contribution in [0.4, 0.5) is 5.69 Å². The van der Waals surface area contributed by atoms with E-state index in [0.717, 1.165) is 52.8 Å². The molecule has 0 fully saturated rings. The number of aryl methyl sites for hydroxylation is 1. The summed E-state index contributed by atoms with van der Waals surface area (Å²) in [6.07, 6.45) is 3.23. The Morgan fingerprint density at radius 1 is 0.977 bits per heavy atom. The summed E-state index contributed by atoms with van der Waals surface area (Å²) in [5.41, 5.74) is 5.29. The SMILES string of the molecule is CCCN1C2=C(C(=O)CC(C)(C)C2)C(c2cc(Br)ccc2OCC(=O)Nc2ccc(C)c(Cl)c2)C2=C1CC(C)(C)CC2=O. The Labute approximate surface area is 268 Å². The van der Waals surface area contributed by atoms with Crippen LogP contribution in [0.2, 0.25) is 5.02 Å². The second-order valence-corrected chi connectivity index (χ2v) is 15.0. The Morgan fingerprint density at radius 2 is 1.58 bits per heavy atom. The Bertz CT molecular complexity index is 1520. The summed E-state index contributed by atoms with van der Waals surface area (Å²) in [6, 6.07) is 10.9. The number of benzene rings is 2. The first kappa shape index (κ1) is 31.5. The summed E-state index contributed by atoms with van der Waals surface area (Å²) in [4.78, 5) is 43.3. The van der Waals surface area contributed by atoms with Gasteiger partial charge in [-0.1, -0.05) is 68.2 Å². The van der Waals surface area contributed by atoms with Gasteiger partial charge in [-0.05, 0) is 72.9 Å². The van der Waals surface area contributed by atoms with E-state index in [1.54, 1.807) is 12.1 Å². The summed E-state index contributed by atoms with van der Waals surface area (Å²) >= 11 is 9.86. The first-order valence-electron chi connectivity index (χ1n) is 15.0. The minimum atomic E-state index is -0.559. The highest BCUT2D eigenvalue weighted by atomic mass is 79.9. The molecule has 0 saturated heterocycles. The molecule has 8 heteroatoms. The lowest BCUT2D eigenvalue weighted by molar-refractivity contribution is -0.120. The van der Waals surface area contributed by atoms with Crippen molar-refractivity contribution < 1.29 is 19.1 Å². The maximum Gasteiger partial charge on any atom is 0.262 e. The van der Waals surface area contributed by atoms with Crippen LogP contribution in [0.25, 0.3) is 0 Å². The number of nitrogens with one attached hydrogen (secondary N) is 1. The molecule has 1 N–H and O–H groups in total. The number of amides is 1. The zero-order chi connectivity index (χ0) is 31.3. The lowest BCUT2D eigenvalue weighted by atomic mass is 9.63. The normalized spacial score (nSPS) is 19.8. The minimum absolute atomic E-state index is 0.0708. The molecule has 43 heavy (non-hydrogen) atoms. The second kappa shape index (κ2) is 11.9. The van der Waals surface area contributed by atoms with Crippen LogP contribution in [0.15, 0.2) is 63.4 Å². The van der Waals surface area contributed by atoms with Crippen molar-refractivity contribution >= 4 is 50.7 Å². The molecule has 0 spiro atoms. The lowest BCUT2D eigenvalue weighted by Crippen LogP contribution is -2.44. The van der Waals surface area contributed by atoms with E-state index in [4.69, 9.17) is 16.3 Å². The molecule has 6 nitrogen and oxygen atoms in total. The molecule has 228 valence electrons. The monoisotopic (exact) mass is 666 g/mol. The summed E-state index contributed by atoms with van der Waals surface area (Å²) in [6.45, 7) is 13.1. The smallest absolute Gasteiger partial charge is 0.262 e. The highest BCUT2D eigenvalue weighted by Gasteiger charge is 2.49. The molecule has 0 unspecified atom stereocenters. The number of ether oxygens (including phenoxy) is 1. The van der Waals surface area contributed by atoms with E-state index in [1.165, 1.54) is 0 Å². The highest BCUT2D eigenvalue weighted by molar-refractivity contribution is 9.10. The van der Waals surface area contributed by atoms with E-state index in [1.807, 2.05) is 31.2 Å². The van der Waals surface area contributed by atoms with E-state index >= 15 is 0 Å². The van der Waals surface area contributed by atoms with Crippen molar-refractivity contribution in [1.29, 1.82) is 0 Å². The van der Waals surface area contributed by atoms with Gasteiger partial charge in [-0.25, -0.2) is 0 Å². The van der Waals surface area contributed by atoms with Crippen LogP contribution >= 0.6 is 27.5 Å². The number of hydrogen-bond acceptors (Lipinski definition) is 5. The van der Waals surface area contributed by atoms with Crippen molar-refractivity contribution in [2.24, 2.45) is 10.8 Å². The van der Waals surface area contributed by atoms with Crippen LogP contribution in [0.1, 0.15) is 83.8 Å². The van der Waals surface area contributed by atoms with E-state index in [-0.39, 0.29) is 34.9 Å². The van der Waals surface area contributed by atoms with Gasteiger partial charge in [0.25, 0.3) is 5.91 Å². The summed E-state index contributed by atoms with van der Waals surface area (Å²) in [5.74, 6) is -0.278. The van der Waals surface area contributed by atoms with Gasteiger partial charge in [0.1, 0.15) is 5.75 Å². The second-order valence-electron chi connectivity index (χ2n) is 13.7. The van der Waals surface area contributed by atoms with Crippen molar-refractivity contribution in [1.82, 2.24) is 4.90 Å². The van der Waals surface area contributed by atoms with Crippen molar-refractivity contribution in [2.45, 2.75) is 79.6 Å². The fraction of sp³-hybridized carbons (Fsp3) is 0.457. The van der Waals surface area contributed by atoms with Crippen LogP contribution < -0.4 is 10.1 Å². The number of hydrogen-bond donors (Lipinski definition) is 1. The van der Waals surface area contributed by atoms with Gasteiger partial charge in [-0.2, -0.15) is 0 Å². The predicted octanol–water partition coefficient (Wildman–Crippen LogP) is 8.52. The molecule has 1 heterocycles. The Balaban J connectivity index is 1.59. The van der Waals surface area contributed by atoms with Crippen LogP contribution in [-0.2, 0) is 14.4 Å². The summed E-state index contributed by atoms with van der Waals surface area (Å²) < 4.78 is 6.98. The van der Waals surface area contributed by atoms with Crippen molar-refractivity contribution in [3.05, 3.63) is 79.6 Å². The maximum absolute atomic E-state index is 14.1. The number of carbonyl (C=O) groups is 3. The number of ketones is 2. The number of carbonyl (C=O) groups excluding carboxylic acids is 3. The van der Waals surface area contributed by atoms with Gasteiger partial charge in [0.2, 0.25) is 0 Å². The fourth-order valence-corrected chi connectivity index (χ4v) is 7.30. The van der Waals surface area contributed by atoms with Crippen molar-refractivity contribution in [3.8, 4) is 5.75 Å². The Morgan fingerprint density at radius 3 is 2.14 bits per heavy atom. The topological polar surface area (TPSA) is 75.7 Å². The number of Topliss-reactive ketones (excluding diaryl/α,β-unsaturated/α-hetero) is 2.